The molecule has 2 aromatic heterocycles. The molecule has 0 aliphatic carbocycles. The lowest BCUT2D eigenvalue weighted by Gasteiger charge is -2.09. The van der Waals surface area contributed by atoms with Crippen LogP contribution in [0.4, 0.5) is 13.2 Å². The number of rotatable bonds is 8. The monoisotopic (exact) mass is 502 g/mol. The number of carbonyl (C=O) groups excluding carboxylic acids is 1. The summed E-state index contributed by atoms with van der Waals surface area (Å²) in [5, 5.41) is 5.38. The highest BCUT2D eigenvalue weighted by Crippen LogP contribution is 2.33. The van der Waals surface area contributed by atoms with E-state index in [1.165, 1.54) is 11.3 Å². The van der Waals surface area contributed by atoms with Crippen LogP contribution in [-0.4, -0.2) is 26.6 Å². The number of carbonyl (C=O) groups is 1. The summed E-state index contributed by atoms with van der Waals surface area (Å²) < 4.78 is 40.1. The smallest absolute Gasteiger partial charge is 0.389 e. The lowest BCUT2D eigenvalue weighted by Crippen LogP contribution is -2.23. The summed E-state index contributed by atoms with van der Waals surface area (Å²) in [5.41, 5.74) is 11.8. The molecule has 2 heterocycles. The lowest BCUT2D eigenvalue weighted by atomic mass is 10.0. The number of benzene rings is 2. The van der Waals surface area contributed by atoms with Crippen LogP contribution in [0.3, 0.4) is 0 Å². The van der Waals surface area contributed by atoms with Crippen LogP contribution < -0.4 is 11.1 Å². The van der Waals surface area contributed by atoms with Gasteiger partial charge in [0.2, 0.25) is 0 Å². The summed E-state index contributed by atoms with van der Waals surface area (Å²) in [6.45, 7) is 0.478. The number of hydrogen-bond acceptors (Lipinski definition) is 4. The van der Waals surface area contributed by atoms with E-state index in [0.29, 0.717) is 11.3 Å². The van der Waals surface area contributed by atoms with Gasteiger partial charge in [-0.25, -0.2) is 4.98 Å². The number of fused-ring (bicyclic) bond motifs is 1. The highest BCUT2D eigenvalue weighted by Gasteiger charge is 2.26. The molecule has 0 fully saturated rings. The van der Waals surface area contributed by atoms with Gasteiger partial charge in [0, 0.05) is 53.1 Å². The van der Waals surface area contributed by atoms with E-state index < -0.39 is 12.6 Å². The Morgan fingerprint density at radius 1 is 1.21 bits per heavy atom. The van der Waals surface area contributed by atoms with E-state index in [9.17, 15) is 18.0 Å². The number of thiazole rings is 1. The standard InChI is InChI=1S/C24H21F3N4OS2/c25-24(26,27)7-2-8-31-12-19(16-3-1-4-17(10-16)22(28)33)18-6-5-15(9-21(18)31)11-29-23(32)20-13-34-14-30-20/h1,3-6,9-10,12-14H,2,7-8,11H2,(H2,28,33)(H,29,32). The van der Waals surface area contributed by atoms with Crippen molar-refractivity contribution in [3.63, 3.8) is 0 Å². The van der Waals surface area contributed by atoms with Crippen molar-refractivity contribution in [2.75, 3.05) is 0 Å². The number of nitrogens with one attached hydrogen (secondary N) is 1. The minimum Gasteiger partial charge on any atom is -0.389 e. The Labute approximate surface area is 203 Å². The van der Waals surface area contributed by atoms with Crippen molar-refractivity contribution in [1.29, 1.82) is 0 Å². The van der Waals surface area contributed by atoms with Gasteiger partial charge in [0.25, 0.3) is 5.91 Å². The first kappa shape index (κ1) is 23.9. The molecule has 0 aliphatic rings. The second-order valence-corrected chi connectivity index (χ2v) is 8.97. The van der Waals surface area contributed by atoms with E-state index >= 15 is 0 Å². The molecule has 0 spiro atoms. The third-order valence-corrected chi connectivity index (χ3v) is 6.20. The van der Waals surface area contributed by atoms with Crippen LogP contribution in [0.1, 0.15) is 34.5 Å². The van der Waals surface area contributed by atoms with Gasteiger partial charge in [-0.2, -0.15) is 13.2 Å². The van der Waals surface area contributed by atoms with Gasteiger partial charge in [0.1, 0.15) is 10.7 Å². The molecule has 4 aromatic rings. The Balaban J connectivity index is 1.66. The topological polar surface area (TPSA) is 72.9 Å². The number of thiocarbonyl (C=S) groups is 1. The molecule has 176 valence electrons. The molecule has 0 saturated heterocycles. The van der Waals surface area contributed by atoms with E-state index in [4.69, 9.17) is 18.0 Å². The second-order valence-electron chi connectivity index (χ2n) is 7.81. The van der Waals surface area contributed by atoms with E-state index in [1.54, 1.807) is 10.9 Å². The summed E-state index contributed by atoms with van der Waals surface area (Å²) in [7, 11) is 0. The van der Waals surface area contributed by atoms with Crippen molar-refractivity contribution in [1.82, 2.24) is 14.9 Å². The number of amides is 1. The minimum absolute atomic E-state index is 0.0373. The summed E-state index contributed by atoms with van der Waals surface area (Å²) in [4.78, 5) is 16.5. The average molecular weight is 503 g/mol. The van der Waals surface area contributed by atoms with Crippen LogP contribution in [0.25, 0.3) is 22.0 Å². The Kier molecular flexibility index (Phi) is 6.99. The summed E-state index contributed by atoms with van der Waals surface area (Å²) in [5.74, 6) is -0.280. The van der Waals surface area contributed by atoms with Gasteiger partial charge in [-0.05, 0) is 29.7 Å². The van der Waals surface area contributed by atoms with Gasteiger partial charge in [-0.1, -0.05) is 42.5 Å². The number of aromatic nitrogens is 2. The molecule has 0 atom stereocenters. The molecule has 0 bridgehead atoms. The first-order valence-corrected chi connectivity index (χ1v) is 11.8. The van der Waals surface area contributed by atoms with Crippen molar-refractivity contribution < 1.29 is 18.0 Å². The van der Waals surface area contributed by atoms with Crippen LogP contribution in [0.15, 0.2) is 59.6 Å². The molecule has 4 rings (SSSR count). The fourth-order valence-corrected chi connectivity index (χ4v) is 4.41. The van der Waals surface area contributed by atoms with Gasteiger partial charge in [-0.3, -0.25) is 4.79 Å². The van der Waals surface area contributed by atoms with Crippen molar-refractivity contribution in [2.24, 2.45) is 5.73 Å². The molecule has 2 aromatic carbocycles. The van der Waals surface area contributed by atoms with Gasteiger partial charge in [-0.15, -0.1) is 11.3 Å². The number of aryl methyl sites for hydroxylation is 1. The molecular formula is C24H21F3N4OS2. The van der Waals surface area contributed by atoms with Crippen LogP contribution in [0, 0.1) is 0 Å². The second kappa shape index (κ2) is 9.94. The maximum Gasteiger partial charge on any atom is 0.389 e. The molecule has 0 aliphatic heterocycles. The Hall–Kier alpha value is -3.24. The van der Waals surface area contributed by atoms with Crippen LogP contribution >= 0.6 is 23.6 Å². The number of nitrogens with two attached hydrogens (primary N) is 1. The molecule has 0 unspecified atom stereocenters. The average Bonchev–Trinajstić information content (AvgIpc) is 3.45. The number of alkyl halides is 3. The summed E-state index contributed by atoms with van der Waals surface area (Å²) in [6.07, 6.45) is -3.24. The number of halogens is 3. The Bertz CT molecular complexity index is 1330. The zero-order chi connectivity index (χ0) is 24.3. The van der Waals surface area contributed by atoms with Crippen molar-refractivity contribution in [3.8, 4) is 11.1 Å². The SMILES string of the molecule is NC(=S)c1cccc(-c2cn(CCCC(F)(F)F)c3cc(CNC(=O)c4cscn4)ccc23)c1. The minimum atomic E-state index is -4.21. The van der Waals surface area contributed by atoms with Gasteiger partial charge in [0.05, 0.1) is 5.51 Å². The van der Waals surface area contributed by atoms with Crippen LogP contribution in [-0.2, 0) is 13.1 Å². The first-order valence-electron chi connectivity index (χ1n) is 10.5. The van der Waals surface area contributed by atoms with Gasteiger partial charge < -0.3 is 15.6 Å². The highest BCUT2D eigenvalue weighted by molar-refractivity contribution is 7.80. The normalized spacial score (nSPS) is 11.6. The Morgan fingerprint density at radius 3 is 2.74 bits per heavy atom. The zero-order valence-corrected chi connectivity index (χ0v) is 19.6. The molecule has 3 N–H and O–H groups in total. The molecule has 0 radical (unpaired) electrons. The van der Waals surface area contributed by atoms with Crippen LogP contribution in [0.5, 0.6) is 0 Å². The maximum absolute atomic E-state index is 12.7. The summed E-state index contributed by atoms with van der Waals surface area (Å²) in [6, 6.07) is 13.2. The summed E-state index contributed by atoms with van der Waals surface area (Å²) >= 11 is 6.42. The molecular weight excluding hydrogens is 481 g/mol. The molecule has 0 saturated carbocycles. The van der Waals surface area contributed by atoms with Crippen molar-refractivity contribution in [3.05, 3.63) is 76.4 Å². The lowest BCUT2D eigenvalue weighted by molar-refractivity contribution is -0.135. The number of nitrogens with zero attached hydrogens (tertiary/aromatic N) is 2. The quantitative estimate of drug-likeness (QED) is 0.305. The molecule has 34 heavy (non-hydrogen) atoms. The fraction of sp³-hybridized carbons (Fsp3) is 0.208. The zero-order valence-electron chi connectivity index (χ0n) is 17.9. The first-order chi connectivity index (χ1) is 16.2. The van der Waals surface area contributed by atoms with Crippen molar-refractivity contribution >= 4 is 45.4 Å². The predicted molar refractivity (Wildman–Crippen MR) is 132 cm³/mol. The van der Waals surface area contributed by atoms with E-state index in [2.05, 4.69) is 10.3 Å². The largest absolute Gasteiger partial charge is 0.389 e. The van der Waals surface area contributed by atoms with E-state index in [0.717, 1.165) is 27.6 Å². The van der Waals surface area contributed by atoms with E-state index in [1.807, 2.05) is 53.2 Å². The molecule has 5 nitrogen and oxygen atoms in total. The molecule has 1 amide bonds. The Morgan fingerprint density at radius 2 is 2.03 bits per heavy atom. The van der Waals surface area contributed by atoms with Gasteiger partial charge >= 0.3 is 6.18 Å². The highest BCUT2D eigenvalue weighted by atomic mass is 32.1. The van der Waals surface area contributed by atoms with Gasteiger partial charge in [0.15, 0.2) is 0 Å². The van der Waals surface area contributed by atoms with Crippen LogP contribution in [0.2, 0.25) is 0 Å². The van der Waals surface area contributed by atoms with Crippen molar-refractivity contribution in [2.45, 2.75) is 32.1 Å². The third-order valence-electron chi connectivity index (χ3n) is 5.38. The predicted octanol–water partition coefficient (Wildman–Crippen LogP) is 5.67. The molecule has 10 heteroatoms. The van der Waals surface area contributed by atoms with E-state index in [-0.39, 0.29) is 30.4 Å². The maximum atomic E-state index is 12.7. The third kappa shape index (κ3) is 5.63. The fourth-order valence-electron chi connectivity index (χ4n) is 3.75. The number of hydrogen-bond donors (Lipinski definition) is 2.